The zero-order valence-electron chi connectivity index (χ0n) is 6.16. The molecule has 0 aromatic rings. The summed E-state index contributed by atoms with van der Waals surface area (Å²) in [5, 5.41) is 3.95. The van der Waals surface area contributed by atoms with Crippen molar-refractivity contribution >= 4 is 12.1 Å². The fourth-order valence-corrected chi connectivity index (χ4v) is 0.821. The van der Waals surface area contributed by atoms with Crippen molar-refractivity contribution in [1.29, 1.82) is 0 Å². The summed E-state index contributed by atoms with van der Waals surface area (Å²) in [4.78, 5) is 12.0. The van der Waals surface area contributed by atoms with Gasteiger partial charge in [0.15, 0.2) is 0 Å². The van der Waals surface area contributed by atoms with E-state index in [2.05, 4.69) is 10.5 Å². The summed E-state index contributed by atoms with van der Waals surface area (Å²) in [7, 11) is 1.91. The van der Waals surface area contributed by atoms with Crippen LogP contribution in [0.3, 0.4) is 0 Å². The molecule has 1 atom stereocenters. The Hall–Kier alpha value is -1.06. The Bertz CT molecular complexity index is 166. The normalized spacial score (nSPS) is 24.0. The lowest BCUT2D eigenvalue weighted by molar-refractivity contribution is -0.106. The zero-order chi connectivity index (χ0) is 7.56. The lowest BCUT2D eigenvalue weighted by Gasteiger charge is -2.16. The molecular weight excluding hydrogens is 130 g/mol. The molecule has 10 heavy (non-hydrogen) atoms. The van der Waals surface area contributed by atoms with Gasteiger partial charge in [0.2, 0.25) is 0 Å². The molecule has 0 spiro atoms. The van der Waals surface area contributed by atoms with E-state index in [-0.39, 0.29) is 6.17 Å². The molecule has 0 saturated carbocycles. The molecular formula is C6H11N3O. The van der Waals surface area contributed by atoms with Gasteiger partial charge in [-0.05, 0) is 6.92 Å². The summed E-state index contributed by atoms with van der Waals surface area (Å²) >= 11 is 0. The molecule has 1 N–H and O–H groups in total. The molecule has 0 aliphatic carbocycles. The standard InChI is InChI=1S/C6H11N3O/c1-5-7-8-6(3-4-10)9(5)2/h4-5,7H,3H2,1-2H3. The van der Waals surface area contributed by atoms with Gasteiger partial charge in [-0.1, -0.05) is 0 Å². The second kappa shape index (κ2) is 2.68. The highest BCUT2D eigenvalue weighted by Gasteiger charge is 2.18. The van der Waals surface area contributed by atoms with Gasteiger partial charge >= 0.3 is 0 Å². The van der Waals surface area contributed by atoms with E-state index in [1.807, 2.05) is 18.9 Å². The van der Waals surface area contributed by atoms with Crippen molar-refractivity contribution in [2.45, 2.75) is 19.5 Å². The summed E-state index contributed by atoms with van der Waals surface area (Å²) in [5.74, 6) is 0.808. The third-order valence-electron chi connectivity index (χ3n) is 1.63. The molecule has 1 rings (SSSR count). The molecule has 56 valence electrons. The number of carbonyl (C=O) groups is 1. The van der Waals surface area contributed by atoms with Gasteiger partial charge in [-0.25, -0.2) is 0 Å². The molecule has 0 saturated heterocycles. The quantitative estimate of drug-likeness (QED) is 0.540. The van der Waals surface area contributed by atoms with E-state index in [0.29, 0.717) is 6.42 Å². The SMILES string of the molecule is CC1NN=C(CC=O)N1C. The Morgan fingerprint density at radius 1 is 1.90 bits per heavy atom. The summed E-state index contributed by atoms with van der Waals surface area (Å²) in [6, 6.07) is 0. The summed E-state index contributed by atoms with van der Waals surface area (Å²) in [6.07, 6.45) is 1.47. The van der Waals surface area contributed by atoms with Crippen molar-refractivity contribution < 1.29 is 4.79 Å². The topological polar surface area (TPSA) is 44.7 Å². The Balaban J connectivity index is 2.53. The average Bonchev–Trinajstić information content (AvgIpc) is 2.20. The van der Waals surface area contributed by atoms with Gasteiger partial charge in [0.05, 0.1) is 6.42 Å². The first kappa shape index (κ1) is 7.05. The van der Waals surface area contributed by atoms with Crippen molar-refractivity contribution in [3.63, 3.8) is 0 Å². The smallest absolute Gasteiger partial charge is 0.133 e. The van der Waals surface area contributed by atoms with E-state index in [1.165, 1.54) is 0 Å². The predicted octanol–water partition coefficient (Wildman–Crippen LogP) is -0.230. The molecule has 0 amide bonds. The van der Waals surface area contributed by atoms with Crippen molar-refractivity contribution in [1.82, 2.24) is 10.3 Å². The van der Waals surface area contributed by atoms with Crippen molar-refractivity contribution in [3.05, 3.63) is 0 Å². The predicted molar refractivity (Wildman–Crippen MR) is 38.5 cm³/mol. The van der Waals surface area contributed by atoms with E-state index in [4.69, 9.17) is 0 Å². The molecule has 4 nitrogen and oxygen atoms in total. The number of carbonyl (C=O) groups excluding carboxylic acids is 1. The molecule has 0 aromatic carbocycles. The van der Waals surface area contributed by atoms with Crippen LogP contribution in [0.1, 0.15) is 13.3 Å². The van der Waals surface area contributed by atoms with Crippen molar-refractivity contribution in [3.8, 4) is 0 Å². The van der Waals surface area contributed by atoms with Crippen LogP contribution in [0, 0.1) is 0 Å². The minimum Gasteiger partial charge on any atom is -0.340 e. The van der Waals surface area contributed by atoms with Crippen molar-refractivity contribution in [2.24, 2.45) is 5.10 Å². The van der Waals surface area contributed by atoms with Crippen LogP contribution in [0.25, 0.3) is 0 Å². The molecule has 0 fully saturated rings. The third-order valence-corrected chi connectivity index (χ3v) is 1.63. The fourth-order valence-electron chi connectivity index (χ4n) is 0.821. The van der Waals surface area contributed by atoms with Gasteiger partial charge in [-0.3, -0.25) is 5.43 Å². The van der Waals surface area contributed by atoms with Gasteiger partial charge in [0.1, 0.15) is 18.3 Å². The maximum absolute atomic E-state index is 10.1. The Morgan fingerprint density at radius 2 is 2.60 bits per heavy atom. The Labute approximate surface area is 59.9 Å². The monoisotopic (exact) mass is 141 g/mol. The first-order valence-corrected chi connectivity index (χ1v) is 3.24. The summed E-state index contributed by atoms with van der Waals surface area (Å²) in [5.41, 5.74) is 2.86. The Morgan fingerprint density at radius 3 is 3.00 bits per heavy atom. The molecule has 4 heteroatoms. The van der Waals surface area contributed by atoms with Gasteiger partial charge in [-0.2, -0.15) is 5.10 Å². The number of aldehydes is 1. The highest BCUT2D eigenvalue weighted by Crippen LogP contribution is 2.02. The maximum atomic E-state index is 10.1. The summed E-state index contributed by atoms with van der Waals surface area (Å²) < 4.78 is 0. The number of hydrogen-bond acceptors (Lipinski definition) is 4. The largest absolute Gasteiger partial charge is 0.340 e. The minimum absolute atomic E-state index is 0.218. The van der Waals surface area contributed by atoms with Crippen LogP contribution >= 0.6 is 0 Å². The zero-order valence-corrected chi connectivity index (χ0v) is 6.16. The second-order valence-corrected chi connectivity index (χ2v) is 2.31. The van der Waals surface area contributed by atoms with Crippen LogP contribution in [0.5, 0.6) is 0 Å². The number of nitrogens with zero attached hydrogens (tertiary/aromatic N) is 2. The van der Waals surface area contributed by atoms with Gasteiger partial charge in [-0.15, -0.1) is 0 Å². The molecule has 1 unspecified atom stereocenters. The molecule has 0 radical (unpaired) electrons. The van der Waals surface area contributed by atoms with Gasteiger partial charge < -0.3 is 9.69 Å². The average molecular weight is 141 g/mol. The summed E-state index contributed by atoms with van der Waals surface area (Å²) in [6.45, 7) is 1.99. The first-order valence-electron chi connectivity index (χ1n) is 3.24. The highest BCUT2D eigenvalue weighted by atomic mass is 16.1. The van der Waals surface area contributed by atoms with Crippen LogP contribution in [-0.4, -0.2) is 30.2 Å². The van der Waals surface area contributed by atoms with Crippen LogP contribution in [0.15, 0.2) is 5.10 Å². The Kier molecular flexibility index (Phi) is 1.89. The van der Waals surface area contributed by atoms with E-state index in [9.17, 15) is 4.79 Å². The fraction of sp³-hybridized carbons (Fsp3) is 0.667. The van der Waals surface area contributed by atoms with Crippen LogP contribution < -0.4 is 5.43 Å². The van der Waals surface area contributed by atoms with E-state index in [1.54, 1.807) is 0 Å². The molecule has 0 aromatic heterocycles. The number of rotatable bonds is 2. The van der Waals surface area contributed by atoms with Crippen LogP contribution in [0.4, 0.5) is 0 Å². The van der Waals surface area contributed by atoms with Gasteiger partial charge in [0.25, 0.3) is 0 Å². The molecule has 1 heterocycles. The number of amidine groups is 1. The molecule has 0 bridgehead atoms. The highest BCUT2D eigenvalue weighted by molar-refractivity contribution is 5.93. The lowest BCUT2D eigenvalue weighted by atomic mass is 10.4. The van der Waals surface area contributed by atoms with Crippen LogP contribution in [0.2, 0.25) is 0 Å². The minimum atomic E-state index is 0.218. The third kappa shape index (κ3) is 1.10. The second-order valence-electron chi connectivity index (χ2n) is 2.31. The van der Waals surface area contributed by atoms with E-state index < -0.39 is 0 Å². The van der Waals surface area contributed by atoms with E-state index in [0.717, 1.165) is 12.1 Å². The van der Waals surface area contributed by atoms with Crippen LogP contribution in [-0.2, 0) is 4.79 Å². The van der Waals surface area contributed by atoms with E-state index >= 15 is 0 Å². The van der Waals surface area contributed by atoms with Gasteiger partial charge in [0, 0.05) is 7.05 Å². The van der Waals surface area contributed by atoms with Crippen molar-refractivity contribution in [2.75, 3.05) is 7.05 Å². The number of hydrazone groups is 1. The molecule has 1 aliphatic rings. The first-order chi connectivity index (χ1) is 4.75. The lowest BCUT2D eigenvalue weighted by Crippen LogP contribution is -2.34. The maximum Gasteiger partial charge on any atom is 0.133 e. The number of hydrogen-bond donors (Lipinski definition) is 1. The molecule has 1 aliphatic heterocycles. The number of nitrogens with one attached hydrogen (secondary N) is 1.